The van der Waals surface area contributed by atoms with E-state index in [4.69, 9.17) is 11.5 Å². The molecule has 20 heavy (non-hydrogen) atoms. The van der Waals surface area contributed by atoms with E-state index in [0.29, 0.717) is 11.4 Å². The van der Waals surface area contributed by atoms with E-state index in [-0.39, 0.29) is 5.82 Å². The van der Waals surface area contributed by atoms with Crippen LogP contribution in [0.4, 0.5) is 10.1 Å². The fraction of sp³-hybridized carbons (Fsp3) is 0.0625. The Morgan fingerprint density at radius 2 is 1.75 bits per heavy atom. The molecule has 0 unspecified atom stereocenters. The quantitative estimate of drug-likeness (QED) is 0.664. The number of rotatable bonds is 3. The van der Waals surface area contributed by atoms with Gasteiger partial charge in [0.2, 0.25) is 0 Å². The van der Waals surface area contributed by atoms with Gasteiger partial charge < -0.3 is 11.5 Å². The van der Waals surface area contributed by atoms with Gasteiger partial charge >= 0.3 is 0 Å². The zero-order valence-corrected chi connectivity index (χ0v) is 11.2. The average Bonchev–Trinajstić information content (AvgIpc) is 2.46. The fourth-order valence-electron chi connectivity index (χ4n) is 1.87. The van der Waals surface area contributed by atoms with Crippen molar-refractivity contribution in [2.45, 2.75) is 0 Å². The van der Waals surface area contributed by atoms with Crippen LogP contribution in [0.15, 0.2) is 53.5 Å². The minimum atomic E-state index is -0.261. The maximum absolute atomic E-state index is 12.9. The predicted molar refractivity (Wildman–Crippen MR) is 82.8 cm³/mol. The molecule has 0 amide bonds. The summed E-state index contributed by atoms with van der Waals surface area (Å²) in [7, 11) is 1.67. The Kier molecular flexibility index (Phi) is 4.15. The third kappa shape index (κ3) is 3.03. The van der Waals surface area contributed by atoms with Gasteiger partial charge in [-0.2, -0.15) is 0 Å². The summed E-state index contributed by atoms with van der Waals surface area (Å²) in [5.41, 5.74) is 15.6. The number of hydrogen-bond donors (Lipinski definition) is 2. The third-order valence-corrected chi connectivity index (χ3v) is 2.95. The molecule has 0 spiro atoms. The maximum Gasteiger partial charge on any atom is 0.123 e. The van der Waals surface area contributed by atoms with Crippen molar-refractivity contribution in [3.05, 3.63) is 59.9 Å². The Morgan fingerprint density at radius 1 is 1.10 bits per heavy atom. The molecule has 2 aromatic rings. The molecular formula is C16H16FN3. The highest BCUT2D eigenvalue weighted by molar-refractivity contribution is 5.87. The highest BCUT2D eigenvalue weighted by Gasteiger charge is 2.05. The first-order valence-corrected chi connectivity index (χ1v) is 6.15. The molecule has 0 heterocycles. The second kappa shape index (κ2) is 6.02. The summed E-state index contributed by atoms with van der Waals surface area (Å²) in [6.07, 6.45) is 3.31. The van der Waals surface area contributed by atoms with E-state index in [1.807, 2.05) is 12.1 Å². The lowest BCUT2D eigenvalue weighted by atomic mass is 10.0. The molecule has 0 atom stereocenters. The second-order valence-electron chi connectivity index (χ2n) is 4.34. The molecule has 4 heteroatoms. The summed E-state index contributed by atoms with van der Waals surface area (Å²) in [4.78, 5) is 3.86. The molecule has 0 bridgehead atoms. The van der Waals surface area contributed by atoms with E-state index >= 15 is 0 Å². The number of nitrogens with zero attached hydrogens (tertiary/aromatic N) is 1. The first kappa shape index (κ1) is 13.8. The molecule has 4 N–H and O–H groups in total. The molecule has 102 valence electrons. The monoisotopic (exact) mass is 269 g/mol. The van der Waals surface area contributed by atoms with Gasteiger partial charge in [0.15, 0.2) is 0 Å². The van der Waals surface area contributed by atoms with E-state index in [2.05, 4.69) is 4.99 Å². The number of hydrogen-bond acceptors (Lipinski definition) is 3. The van der Waals surface area contributed by atoms with Crippen molar-refractivity contribution in [3.8, 4) is 11.1 Å². The van der Waals surface area contributed by atoms with Crippen LogP contribution in [0.3, 0.4) is 0 Å². The molecule has 3 nitrogen and oxygen atoms in total. The van der Waals surface area contributed by atoms with Crippen LogP contribution in [0.5, 0.6) is 0 Å². The summed E-state index contributed by atoms with van der Waals surface area (Å²) >= 11 is 0. The lowest BCUT2D eigenvalue weighted by molar-refractivity contribution is 0.628. The minimum Gasteiger partial charge on any atom is -0.398 e. The van der Waals surface area contributed by atoms with Crippen LogP contribution in [0, 0.1) is 5.82 Å². The molecule has 0 aliphatic rings. The van der Waals surface area contributed by atoms with E-state index < -0.39 is 0 Å². The average molecular weight is 269 g/mol. The van der Waals surface area contributed by atoms with Gasteiger partial charge in [0.1, 0.15) is 5.82 Å². The SMILES string of the molecule is CN=CC=C(N)c1cc(-c2ccc(F)cc2)ccc1N. The van der Waals surface area contributed by atoms with Crippen molar-refractivity contribution in [3.63, 3.8) is 0 Å². The highest BCUT2D eigenvalue weighted by atomic mass is 19.1. The number of nitrogen functional groups attached to an aromatic ring is 1. The van der Waals surface area contributed by atoms with Crippen molar-refractivity contribution < 1.29 is 4.39 Å². The van der Waals surface area contributed by atoms with Crippen LogP contribution >= 0.6 is 0 Å². The van der Waals surface area contributed by atoms with Gasteiger partial charge in [-0.3, -0.25) is 4.99 Å². The Morgan fingerprint density at radius 3 is 2.40 bits per heavy atom. The van der Waals surface area contributed by atoms with E-state index in [9.17, 15) is 4.39 Å². The van der Waals surface area contributed by atoms with Crippen LogP contribution in [-0.4, -0.2) is 13.3 Å². The molecule has 0 saturated heterocycles. The van der Waals surface area contributed by atoms with Gasteiger partial charge in [0.05, 0.1) is 0 Å². The van der Waals surface area contributed by atoms with Crippen molar-refractivity contribution in [2.24, 2.45) is 10.7 Å². The summed E-state index contributed by atoms with van der Waals surface area (Å²) < 4.78 is 12.9. The second-order valence-corrected chi connectivity index (χ2v) is 4.34. The first-order chi connectivity index (χ1) is 9.61. The molecule has 0 fully saturated rings. The first-order valence-electron chi connectivity index (χ1n) is 6.15. The van der Waals surface area contributed by atoms with Gasteiger partial charge in [-0.05, 0) is 41.5 Å². The minimum absolute atomic E-state index is 0.261. The number of nitrogens with two attached hydrogens (primary N) is 2. The lowest BCUT2D eigenvalue weighted by Crippen LogP contribution is -2.01. The van der Waals surface area contributed by atoms with Crippen molar-refractivity contribution in [1.82, 2.24) is 0 Å². The highest BCUT2D eigenvalue weighted by Crippen LogP contribution is 2.26. The Hall–Kier alpha value is -2.62. The maximum atomic E-state index is 12.9. The molecule has 2 aromatic carbocycles. The van der Waals surface area contributed by atoms with Crippen LogP contribution in [0.1, 0.15) is 5.56 Å². The van der Waals surface area contributed by atoms with Crippen LogP contribution in [0.2, 0.25) is 0 Å². The van der Waals surface area contributed by atoms with E-state index in [0.717, 1.165) is 16.7 Å². The third-order valence-electron chi connectivity index (χ3n) is 2.95. The lowest BCUT2D eigenvalue weighted by Gasteiger charge is -2.09. The zero-order chi connectivity index (χ0) is 14.5. The standard InChI is InChI=1S/C16H16FN3/c1-20-9-8-16(19)14-10-12(4-7-15(14)18)11-2-5-13(17)6-3-11/h2-10H,18-19H2,1H3. The number of allylic oxidation sites excluding steroid dienone is 1. The van der Waals surface area contributed by atoms with E-state index in [1.165, 1.54) is 12.1 Å². The smallest absolute Gasteiger partial charge is 0.123 e. The molecule has 0 aromatic heterocycles. The summed E-state index contributed by atoms with van der Waals surface area (Å²) in [6.45, 7) is 0. The number of halogens is 1. The van der Waals surface area contributed by atoms with Crippen molar-refractivity contribution in [1.29, 1.82) is 0 Å². The molecule has 0 aliphatic carbocycles. The largest absolute Gasteiger partial charge is 0.398 e. The molecule has 0 saturated carbocycles. The summed E-state index contributed by atoms with van der Waals surface area (Å²) in [5.74, 6) is -0.261. The number of aliphatic imine (C=N–C) groups is 1. The number of anilines is 1. The Bertz CT molecular complexity index is 658. The Balaban J connectivity index is 2.45. The van der Waals surface area contributed by atoms with Gasteiger partial charge in [0, 0.05) is 30.2 Å². The summed E-state index contributed by atoms with van der Waals surface area (Å²) in [6, 6.07) is 11.8. The van der Waals surface area contributed by atoms with Crippen molar-refractivity contribution in [2.75, 3.05) is 12.8 Å². The van der Waals surface area contributed by atoms with Crippen molar-refractivity contribution >= 4 is 17.6 Å². The predicted octanol–water partition coefficient (Wildman–Crippen LogP) is 3.08. The fourth-order valence-corrected chi connectivity index (χ4v) is 1.87. The number of benzene rings is 2. The van der Waals surface area contributed by atoms with E-state index in [1.54, 1.807) is 37.5 Å². The molecule has 2 rings (SSSR count). The molecule has 0 radical (unpaired) electrons. The molecular weight excluding hydrogens is 253 g/mol. The van der Waals surface area contributed by atoms with Crippen LogP contribution in [0.25, 0.3) is 16.8 Å². The van der Waals surface area contributed by atoms with Crippen LogP contribution in [-0.2, 0) is 0 Å². The Labute approximate surface area is 117 Å². The molecule has 0 aliphatic heterocycles. The van der Waals surface area contributed by atoms with Gasteiger partial charge in [-0.15, -0.1) is 0 Å². The van der Waals surface area contributed by atoms with Crippen LogP contribution < -0.4 is 11.5 Å². The normalized spacial score (nSPS) is 12.0. The zero-order valence-electron chi connectivity index (χ0n) is 11.2. The van der Waals surface area contributed by atoms with Gasteiger partial charge in [-0.25, -0.2) is 4.39 Å². The van der Waals surface area contributed by atoms with Gasteiger partial charge in [-0.1, -0.05) is 18.2 Å². The topological polar surface area (TPSA) is 64.4 Å². The van der Waals surface area contributed by atoms with Gasteiger partial charge in [0.25, 0.3) is 0 Å². The summed E-state index contributed by atoms with van der Waals surface area (Å²) in [5, 5.41) is 0.